The van der Waals surface area contributed by atoms with Crippen LogP contribution in [-0.4, -0.2) is 6.04 Å². The zero-order valence-corrected chi connectivity index (χ0v) is 12.9. The number of hydrazine groups is 1. The smallest absolute Gasteiger partial charge is 0.0438 e. The second kappa shape index (κ2) is 9.35. The number of unbranched alkanes of at least 4 members (excludes halogenated alkanes) is 1. The Hall–Kier alpha value is -0.570. The van der Waals surface area contributed by atoms with Crippen LogP contribution in [-0.2, 0) is 6.42 Å². The zero-order chi connectivity index (χ0) is 14.1. The van der Waals surface area contributed by atoms with E-state index in [1.807, 2.05) is 18.2 Å². The number of rotatable bonds is 9. The van der Waals surface area contributed by atoms with E-state index in [-0.39, 0.29) is 0 Å². The van der Waals surface area contributed by atoms with Crippen LogP contribution >= 0.6 is 11.6 Å². The van der Waals surface area contributed by atoms with Gasteiger partial charge in [-0.1, -0.05) is 69.3 Å². The highest BCUT2D eigenvalue weighted by Crippen LogP contribution is 2.22. The fourth-order valence-electron chi connectivity index (χ4n) is 2.52. The Balaban J connectivity index is 2.55. The van der Waals surface area contributed by atoms with Gasteiger partial charge in [-0.05, 0) is 30.4 Å². The first-order chi connectivity index (χ1) is 9.21. The Labute approximate surface area is 122 Å². The molecule has 0 aliphatic carbocycles. The average Bonchev–Trinajstić information content (AvgIpc) is 2.44. The SMILES string of the molecule is CCCCC(CC)CC(Cc1ccccc1Cl)NN. The molecule has 108 valence electrons. The van der Waals surface area contributed by atoms with E-state index in [2.05, 4.69) is 25.3 Å². The summed E-state index contributed by atoms with van der Waals surface area (Å²) in [6, 6.07) is 8.33. The molecule has 1 aromatic rings. The van der Waals surface area contributed by atoms with E-state index < -0.39 is 0 Å². The molecular weight excluding hydrogens is 256 g/mol. The summed E-state index contributed by atoms with van der Waals surface area (Å²) in [7, 11) is 0. The first kappa shape index (κ1) is 16.5. The third-order valence-electron chi connectivity index (χ3n) is 3.82. The van der Waals surface area contributed by atoms with Crippen LogP contribution in [0.25, 0.3) is 0 Å². The Kier molecular flexibility index (Phi) is 8.11. The summed E-state index contributed by atoms with van der Waals surface area (Å²) in [5.74, 6) is 6.46. The van der Waals surface area contributed by atoms with E-state index in [1.165, 1.54) is 31.2 Å². The molecule has 0 spiro atoms. The van der Waals surface area contributed by atoms with E-state index >= 15 is 0 Å². The molecule has 0 radical (unpaired) electrons. The summed E-state index contributed by atoms with van der Waals surface area (Å²) in [5.41, 5.74) is 4.14. The van der Waals surface area contributed by atoms with Crippen LogP contribution in [0.2, 0.25) is 5.02 Å². The Morgan fingerprint density at radius 3 is 2.58 bits per heavy atom. The van der Waals surface area contributed by atoms with Crippen molar-refractivity contribution in [2.45, 2.75) is 58.4 Å². The minimum Gasteiger partial charge on any atom is -0.271 e. The lowest BCUT2D eigenvalue weighted by molar-refractivity contribution is 0.350. The molecule has 0 bridgehead atoms. The number of halogens is 1. The minimum absolute atomic E-state index is 0.307. The van der Waals surface area contributed by atoms with Crippen molar-refractivity contribution in [2.75, 3.05) is 0 Å². The van der Waals surface area contributed by atoms with Crippen LogP contribution in [0, 0.1) is 5.92 Å². The average molecular weight is 283 g/mol. The monoisotopic (exact) mass is 282 g/mol. The van der Waals surface area contributed by atoms with Crippen molar-refractivity contribution in [1.29, 1.82) is 0 Å². The topological polar surface area (TPSA) is 38.0 Å². The molecule has 2 nitrogen and oxygen atoms in total. The Bertz CT molecular complexity index is 354. The predicted molar refractivity (Wildman–Crippen MR) is 84.2 cm³/mol. The molecule has 19 heavy (non-hydrogen) atoms. The van der Waals surface area contributed by atoms with Gasteiger partial charge in [0.05, 0.1) is 0 Å². The maximum absolute atomic E-state index is 6.21. The van der Waals surface area contributed by atoms with E-state index in [0.717, 1.165) is 23.8 Å². The van der Waals surface area contributed by atoms with Crippen molar-refractivity contribution in [3.63, 3.8) is 0 Å². The Morgan fingerprint density at radius 2 is 2.00 bits per heavy atom. The summed E-state index contributed by atoms with van der Waals surface area (Å²) in [4.78, 5) is 0. The highest BCUT2D eigenvalue weighted by atomic mass is 35.5. The number of hydrogen-bond donors (Lipinski definition) is 2. The van der Waals surface area contributed by atoms with Crippen LogP contribution < -0.4 is 11.3 Å². The molecule has 0 aliphatic rings. The maximum atomic E-state index is 6.21. The van der Waals surface area contributed by atoms with Crippen LogP contribution in [0.3, 0.4) is 0 Å². The van der Waals surface area contributed by atoms with Gasteiger partial charge in [0.15, 0.2) is 0 Å². The van der Waals surface area contributed by atoms with Gasteiger partial charge < -0.3 is 0 Å². The largest absolute Gasteiger partial charge is 0.271 e. The van der Waals surface area contributed by atoms with Gasteiger partial charge in [-0.15, -0.1) is 0 Å². The number of nitrogens with one attached hydrogen (secondary N) is 1. The Morgan fingerprint density at radius 1 is 1.26 bits per heavy atom. The third kappa shape index (κ3) is 5.94. The third-order valence-corrected chi connectivity index (χ3v) is 4.19. The molecule has 0 aromatic heterocycles. The lowest BCUT2D eigenvalue weighted by Crippen LogP contribution is -2.38. The van der Waals surface area contributed by atoms with Crippen molar-refractivity contribution in [1.82, 2.24) is 5.43 Å². The molecule has 2 unspecified atom stereocenters. The summed E-state index contributed by atoms with van der Waals surface area (Å²) in [5, 5.41) is 0.837. The van der Waals surface area contributed by atoms with Gasteiger partial charge in [-0.3, -0.25) is 11.3 Å². The highest BCUT2D eigenvalue weighted by Gasteiger charge is 2.15. The fraction of sp³-hybridized carbons (Fsp3) is 0.625. The van der Waals surface area contributed by atoms with Crippen LogP contribution in [0.5, 0.6) is 0 Å². The van der Waals surface area contributed by atoms with Gasteiger partial charge >= 0.3 is 0 Å². The molecule has 0 saturated carbocycles. The van der Waals surface area contributed by atoms with E-state index in [9.17, 15) is 0 Å². The van der Waals surface area contributed by atoms with Gasteiger partial charge in [0.25, 0.3) is 0 Å². The van der Waals surface area contributed by atoms with E-state index in [1.54, 1.807) is 0 Å². The van der Waals surface area contributed by atoms with Crippen molar-refractivity contribution >= 4 is 11.6 Å². The molecule has 1 aromatic carbocycles. The zero-order valence-electron chi connectivity index (χ0n) is 12.2. The molecule has 1 rings (SSSR count). The molecule has 0 aliphatic heterocycles. The summed E-state index contributed by atoms with van der Waals surface area (Å²) in [6.45, 7) is 4.51. The normalized spacial score (nSPS) is 14.3. The second-order valence-electron chi connectivity index (χ2n) is 5.31. The number of hydrogen-bond acceptors (Lipinski definition) is 2. The van der Waals surface area contributed by atoms with Gasteiger partial charge in [0.1, 0.15) is 0 Å². The molecule has 0 amide bonds. The first-order valence-corrected chi connectivity index (χ1v) is 7.78. The molecule has 0 fully saturated rings. The van der Waals surface area contributed by atoms with E-state index in [4.69, 9.17) is 17.4 Å². The van der Waals surface area contributed by atoms with Gasteiger partial charge in [0, 0.05) is 11.1 Å². The maximum Gasteiger partial charge on any atom is 0.0438 e. The van der Waals surface area contributed by atoms with Gasteiger partial charge in [0.2, 0.25) is 0 Å². The standard InChI is InChI=1S/C16H27ClN2/c1-3-5-8-13(4-2)11-15(19-18)12-14-9-6-7-10-16(14)17/h6-7,9-10,13,15,19H,3-5,8,11-12,18H2,1-2H3. The van der Waals surface area contributed by atoms with Crippen LogP contribution in [0.4, 0.5) is 0 Å². The quantitative estimate of drug-likeness (QED) is 0.523. The highest BCUT2D eigenvalue weighted by molar-refractivity contribution is 6.31. The van der Waals surface area contributed by atoms with Crippen molar-refractivity contribution in [3.05, 3.63) is 34.9 Å². The summed E-state index contributed by atoms with van der Waals surface area (Å²) < 4.78 is 0. The molecule has 3 N–H and O–H groups in total. The van der Waals surface area contributed by atoms with Crippen molar-refractivity contribution < 1.29 is 0 Å². The number of nitrogens with two attached hydrogens (primary N) is 1. The second-order valence-corrected chi connectivity index (χ2v) is 5.72. The lowest BCUT2D eigenvalue weighted by atomic mass is 9.90. The fourth-order valence-corrected chi connectivity index (χ4v) is 2.74. The molecule has 3 heteroatoms. The summed E-state index contributed by atoms with van der Waals surface area (Å²) >= 11 is 6.21. The molecule has 0 heterocycles. The van der Waals surface area contributed by atoms with Gasteiger partial charge in [-0.25, -0.2) is 0 Å². The summed E-state index contributed by atoms with van der Waals surface area (Å²) in [6.07, 6.45) is 7.12. The predicted octanol–water partition coefficient (Wildman–Crippen LogP) is 4.32. The molecule has 0 saturated heterocycles. The molecular formula is C16H27ClN2. The first-order valence-electron chi connectivity index (χ1n) is 7.40. The van der Waals surface area contributed by atoms with Crippen molar-refractivity contribution in [3.8, 4) is 0 Å². The van der Waals surface area contributed by atoms with Gasteiger partial charge in [-0.2, -0.15) is 0 Å². The minimum atomic E-state index is 0.307. The number of benzene rings is 1. The van der Waals surface area contributed by atoms with Crippen LogP contribution in [0.15, 0.2) is 24.3 Å². The van der Waals surface area contributed by atoms with Crippen LogP contribution in [0.1, 0.15) is 51.5 Å². The molecule has 2 atom stereocenters. The lowest BCUT2D eigenvalue weighted by Gasteiger charge is -2.22. The van der Waals surface area contributed by atoms with Crippen molar-refractivity contribution in [2.24, 2.45) is 11.8 Å². The van der Waals surface area contributed by atoms with E-state index in [0.29, 0.717) is 6.04 Å².